The molecule has 0 saturated heterocycles. The van der Waals surface area contributed by atoms with E-state index >= 15 is 0 Å². The Labute approximate surface area is 116 Å². The number of nitrogens with one attached hydrogen (secondary N) is 1. The number of hydrogen-bond donors (Lipinski definition) is 2. The largest absolute Gasteiger partial charge is 0.464 e. The van der Waals surface area contributed by atoms with Crippen molar-refractivity contribution in [3.8, 4) is 0 Å². The average molecular weight is 279 g/mol. The van der Waals surface area contributed by atoms with Gasteiger partial charge in [-0.25, -0.2) is 0 Å². The van der Waals surface area contributed by atoms with E-state index in [4.69, 9.17) is 21.8 Å². The Hall–Kier alpha value is -1.94. The van der Waals surface area contributed by atoms with Gasteiger partial charge in [0.25, 0.3) is 0 Å². The van der Waals surface area contributed by atoms with Gasteiger partial charge in [0.1, 0.15) is 11.5 Å². The standard InChI is InChI=1S/C14H15ClN2O2/c1-8-3-6-13(19-8)9(2)17-10-4-5-11(14(16)18)12(15)7-10/h3-7,9,17H,1-2H3,(H2,16,18). The highest BCUT2D eigenvalue weighted by atomic mass is 35.5. The third kappa shape index (κ3) is 3.09. The maximum absolute atomic E-state index is 11.1. The van der Waals surface area contributed by atoms with E-state index in [-0.39, 0.29) is 6.04 Å². The first-order valence-electron chi connectivity index (χ1n) is 5.89. The molecular formula is C14H15ClN2O2. The van der Waals surface area contributed by atoms with Crippen molar-refractivity contribution in [2.75, 3.05) is 5.32 Å². The van der Waals surface area contributed by atoms with E-state index < -0.39 is 5.91 Å². The molecule has 0 saturated carbocycles. The third-order valence-corrected chi connectivity index (χ3v) is 3.12. The molecule has 0 aliphatic rings. The van der Waals surface area contributed by atoms with Crippen LogP contribution in [0.4, 0.5) is 5.69 Å². The Bertz CT molecular complexity index is 607. The lowest BCUT2D eigenvalue weighted by atomic mass is 10.1. The summed E-state index contributed by atoms with van der Waals surface area (Å²) >= 11 is 5.99. The van der Waals surface area contributed by atoms with Crippen LogP contribution in [0.3, 0.4) is 0 Å². The van der Waals surface area contributed by atoms with Crippen LogP contribution in [-0.4, -0.2) is 5.91 Å². The highest BCUT2D eigenvalue weighted by Gasteiger charge is 2.11. The Balaban J connectivity index is 2.15. The number of rotatable bonds is 4. The van der Waals surface area contributed by atoms with Crippen molar-refractivity contribution >= 4 is 23.2 Å². The van der Waals surface area contributed by atoms with E-state index in [1.54, 1.807) is 18.2 Å². The van der Waals surface area contributed by atoms with Gasteiger partial charge in [-0.15, -0.1) is 0 Å². The molecule has 19 heavy (non-hydrogen) atoms. The molecular weight excluding hydrogens is 264 g/mol. The number of halogens is 1. The average Bonchev–Trinajstić information content (AvgIpc) is 2.75. The van der Waals surface area contributed by atoms with Crippen LogP contribution in [0.1, 0.15) is 34.8 Å². The molecule has 4 nitrogen and oxygen atoms in total. The van der Waals surface area contributed by atoms with Crippen LogP contribution in [0.2, 0.25) is 5.02 Å². The zero-order chi connectivity index (χ0) is 14.0. The molecule has 1 aromatic carbocycles. The first-order valence-corrected chi connectivity index (χ1v) is 6.27. The van der Waals surface area contributed by atoms with Gasteiger partial charge in [-0.05, 0) is 44.2 Å². The van der Waals surface area contributed by atoms with E-state index in [9.17, 15) is 4.79 Å². The van der Waals surface area contributed by atoms with Gasteiger partial charge in [0.2, 0.25) is 5.91 Å². The van der Waals surface area contributed by atoms with Crippen molar-refractivity contribution in [3.63, 3.8) is 0 Å². The van der Waals surface area contributed by atoms with Crippen molar-refractivity contribution in [2.45, 2.75) is 19.9 Å². The molecule has 1 atom stereocenters. The topological polar surface area (TPSA) is 68.3 Å². The molecule has 0 fully saturated rings. The van der Waals surface area contributed by atoms with Crippen molar-refractivity contribution in [1.82, 2.24) is 0 Å². The molecule has 0 radical (unpaired) electrons. The van der Waals surface area contributed by atoms with Crippen LogP contribution in [0.15, 0.2) is 34.7 Å². The highest BCUT2D eigenvalue weighted by Crippen LogP contribution is 2.25. The summed E-state index contributed by atoms with van der Waals surface area (Å²) in [5, 5.41) is 3.58. The lowest BCUT2D eigenvalue weighted by molar-refractivity contribution is 0.100. The summed E-state index contributed by atoms with van der Waals surface area (Å²) in [5.74, 6) is 1.17. The minimum absolute atomic E-state index is 0.00388. The van der Waals surface area contributed by atoms with Gasteiger partial charge in [0.15, 0.2) is 0 Å². The van der Waals surface area contributed by atoms with E-state index in [1.165, 1.54) is 0 Å². The molecule has 0 aliphatic carbocycles. The fourth-order valence-electron chi connectivity index (χ4n) is 1.81. The molecule has 0 bridgehead atoms. The summed E-state index contributed by atoms with van der Waals surface area (Å²) in [7, 11) is 0. The summed E-state index contributed by atoms with van der Waals surface area (Å²) in [6.45, 7) is 3.88. The highest BCUT2D eigenvalue weighted by molar-refractivity contribution is 6.34. The molecule has 2 aromatic rings. The van der Waals surface area contributed by atoms with Gasteiger partial charge in [0.05, 0.1) is 16.6 Å². The van der Waals surface area contributed by atoms with Crippen LogP contribution in [0.5, 0.6) is 0 Å². The molecule has 5 heteroatoms. The lowest BCUT2D eigenvalue weighted by Crippen LogP contribution is -2.12. The minimum Gasteiger partial charge on any atom is -0.464 e. The predicted molar refractivity (Wildman–Crippen MR) is 75.5 cm³/mol. The third-order valence-electron chi connectivity index (χ3n) is 2.81. The van der Waals surface area contributed by atoms with Crippen LogP contribution in [0.25, 0.3) is 0 Å². The normalized spacial score (nSPS) is 12.2. The maximum atomic E-state index is 11.1. The fourth-order valence-corrected chi connectivity index (χ4v) is 2.09. The number of carbonyl (C=O) groups is 1. The van der Waals surface area contributed by atoms with Crippen molar-refractivity contribution in [1.29, 1.82) is 0 Å². The Morgan fingerprint density at radius 1 is 1.37 bits per heavy atom. The zero-order valence-electron chi connectivity index (χ0n) is 10.7. The Kier molecular flexibility index (Phi) is 3.81. The first-order chi connectivity index (χ1) is 8.97. The van der Waals surface area contributed by atoms with Gasteiger partial charge >= 0.3 is 0 Å². The number of carbonyl (C=O) groups excluding carboxylic acids is 1. The van der Waals surface area contributed by atoms with Crippen molar-refractivity contribution in [3.05, 3.63) is 52.4 Å². The molecule has 3 N–H and O–H groups in total. The van der Waals surface area contributed by atoms with Gasteiger partial charge in [-0.2, -0.15) is 0 Å². The quantitative estimate of drug-likeness (QED) is 0.899. The van der Waals surface area contributed by atoms with Crippen LogP contribution in [-0.2, 0) is 0 Å². The number of primary amides is 1. The van der Waals surface area contributed by atoms with E-state index in [1.807, 2.05) is 26.0 Å². The summed E-state index contributed by atoms with van der Waals surface area (Å²) in [6, 6.07) is 8.88. The Morgan fingerprint density at radius 3 is 2.63 bits per heavy atom. The number of amides is 1. The van der Waals surface area contributed by atoms with Crippen LogP contribution < -0.4 is 11.1 Å². The molecule has 0 aliphatic heterocycles. The van der Waals surface area contributed by atoms with E-state index in [0.29, 0.717) is 10.6 Å². The zero-order valence-corrected chi connectivity index (χ0v) is 11.5. The Morgan fingerprint density at radius 2 is 2.11 bits per heavy atom. The van der Waals surface area contributed by atoms with Gasteiger partial charge in [-0.3, -0.25) is 4.79 Å². The van der Waals surface area contributed by atoms with Gasteiger partial charge in [0, 0.05) is 5.69 Å². The predicted octanol–water partition coefficient (Wildman–Crippen LogP) is 3.51. The summed E-state index contributed by atoms with van der Waals surface area (Å²) < 4.78 is 5.54. The SMILES string of the molecule is Cc1ccc(C(C)Nc2ccc(C(N)=O)c(Cl)c2)o1. The first kappa shape index (κ1) is 13.5. The summed E-state index contributed by atoms with van der Waals surface area (Å²) in [5.41, 5.74) is 6.32. The second-order valence-electron chi connectivity index (χ2n) is 4.37. The lowest BCUT2D eigenvalue weighted by Gasteiger charge is -2.13. The fraction of sp³-hybridized carbons (Fsp3) is 0.214. The summed E-state index contributed by atoms with van der Waals surface area (Å²) in [6.07, 6.45) is 0. The summed E-state index contributed by atoms with van der Waals surface area (Å²) in [4.78, 5) is 11.1. The second kappa shape index (κ2) is 5.36. The number of aryl methyl sites for hydroxylation is 1. The van der Waals surface area contributed by atoms with Crippen molar-refractivity contribution < 1.29 is 9.21 Å². The van der Waals surface area contributed by atoms with Crippen LogP contribution >= 0.6 is 11.6 Å². The molecule has 1 unspecified atom stereocenters. The smallest absolute Gasteiger partial charge is 0.250 e. The molecule has 1 amide bonds. The maximum Gasteiger partial charge on any atom is 0.250 e. The molecule has 1 aromatic heterocycles. The monoisotopic (exact) mass is 278 g/mol. The number of anilines is 1. The number of hydrogen-bond acceptors (Lipinski definition) is 3. The van der Waals surface area contributed by atoms with Crippen molar-refractivity contribution in [2.24, 2.45) is 5.73 Å². The van der Waals surface area contributed by atoms with Gasteiger partial charge in [-0.1, -0.05) is 11.6 Å². The minimum atomic E-state index is -0.536. The molecule has 100 valence electrons. The second-order valence-corrected chi connectivity index (χ2v) is 4.78. The molecule has 0 spiro atoms. The molecule has 1 heterocycles. The number of furan rings is 1. The number of nitrogens with two attached hydrogens (primary N) is 1. The van der Waals surface area contributed by atoms with Crippen LogP contribution in [0, 0.1) is 6.92 Å². The number of benzene rings is 1. The van der Waals surface area contributed by atoms with Gasteiger partial charge < -0.3 is 15.5 Å². The van der Waals surface area contributed by atoms with E-state index in [2.05, 4.69) is 5.32 Å². The van der Waals surface area contributed by atoms with E-state index in [0.717, 1.165) is 17.2 Å². The molecule has 2 rings (SSSR count).